The first-order valence-corrected chi connectivity index (χ1v) is 7.83. The normalized spacial score (nSPS) is 15.1. The van der Waals surface area contributed by atoms with Crippen molar-refractivity contribution >= 4 is 21.8 Å². The monoisotopic (exact) mass is 310 g/mol. The molecule has 0 spiro atoms. The number of rotatable bonds is 5. The Morgan fingerprint density at radius 1 is 1.48 bits per heavy atom. The van der Waals surface area contributed by atoms with Crippen LogP contribution in [0.25, 0.3) is 0 Å². The Kier molecular flexibility index (Phi) is 3.01. The van der Waals surface area contributed by atoms with Gasteiger partial charge in [0.15, 0.2) is 5.82 Å². The number of anilines is 1. The molecule has 2 N–H and O–H groups in total. The van der Waals surface area contributed by atoms with Crippen molar-refractivity contribution in [2.24, 2.45) is 7.05 Å². The van der Waals surface area contributed by atoms with Crippen molar-refractivity contribution in [1.82, 2.24) is 14.3 Å². The number of hydrogen-bond donors (Lipinski definition) is 2. The molecule has 0 saturated heterocycles. The minimum absolute atomic E-state index is 0.0149. The first-order valence-electron chi connectivity index (χ1n) is 6.34. The van der Waals surface area contributed by atoms with E-state index in [-0.39, 0.29) is 22.4 Å². The molecule has 2 heterocycles. The summed E-state index contributed by atoms with van der Waals surface area (Å²) < 4.78 is 29.9. The maximum absolute atomic E-state index is 12.3. The highest BCUT2D eigenvalue weighted by atomic mass is 32.2. The number of carboxylic acids is 1. The van der Waals surface area contributed by atoms with Crippen molar-refractivity contribution in [3.05, 3.63) is 30.2 Å². The van der Waals surface area contributed by atoms with Crippen LogP contribution in [0.2, 0.25) is 0 Å². The van der Waals surface area contributed by atoms with Crippen LogP contribution in [0.1, 0.15) is 29.4 Å². The second kappa shape index (κ2) is 4.62. The second-order valence-electron chi connectivity index (χ2n) is 4.98. The van der Waals surface area contributed by atoms with Crippen molar-refractivity contribution in [3.63, 3.8) is 0 Å². The van der Waals surface area contributed by atoms with E-state index < -0.39 is 16.0 Å². The van der Waals surface area contributed by atoms with E-state index in [0.717, 1.165) is 12.8 Å². The molecule has 1 aliphatic rings. The molecule has 3 rings (SSSR count). The minimum atomic E-state index is -3.85. The standard InChI is InChI=1S/C12H14N4O4S/c1-15-5-4-11(13-15)14-21(19,20)9-6-10(12(17)18)16(7-9)8-2-3-8/h4-8H,2-3H2,1H3,(H,13,14)(H,17,18). The molecule has 0 radical (unpaired) electrons. The molecular weight excluding hydrogens is 296 g/mol. The van der Waals surface area contributed by atoms with Gasteiger partial charge in [-0.05, 0) is 18.9 Å². The predicted octanol–water partition coefficient (Wildman–Crippen LogP) is 1.06. The molecule has 1 fully saturated rings. The summed E-state index contributed by atoms with van der Waals surface area (Å²) in [5.74, 6) is -0.949. The van der Waals surface area contributed by atoms with Crippen molar-refractivity contribution < 1.29 is 18.3 Å². The predicted molar refractivity (Wildman–Crippen MR) is 73.7 cm³/mol. The molecule has 1 aliphatic carbocycles. The van der Waals surface area contributed by atoms with E-state index in [2.05, 4.69) is 9.82 Å². The van der Waals surface area contributed by atoms with Crippen LogP contribution in [-0.4, -0.2) is 33.8 Å². The van der Waals surface area contributed by atoms with Gasteiger partial charge in [0.05, 0.1) is 0 Å². The van der Waals surface area contributed by atoms with Crippen LogP contribution in [0.5, 0.6) is 0 Å². The zero-order valence-corrected chi connectivity index (χ0v) is 12.0. The fourth-order valence-electron chi connectivity index (χ4n) is 2.09. The number of nitrogens with zero attached hydrogens (tertiary/aromatic N) is 3. The van der Waals surface area contributed by atoms with Crippen molar-refractivity contribution in [2.45, 2.75) is 23.8 Å². The molecule has 0 unspecified atom stereocenters. The zero-order chi connectivity index (χ0) is 15.2. The fourth-order valence-corrected chi connectivity index (χ4v) is 3.11. The Labute approximate surface area is 121 Å². The molecule has 2 aromatic rings. The molecule has 0 bridgehead atoms. The third kappa shape index (κ3) is 2.64. The lowest BCUT2D eigenvalue weighted by Gasteiger charge is -2.03. The molecule has 8 nitrogen and oxygen atoms in total. The van der Waals surface area contributed by atoms with Gasteiger partial charge >= 0.3 is 5.97 Å². The van der Waals surface area contributed by atoms with Gasteiger partial charge in [0, 0.05) is 31.5 Å². The first kappa shape index (κ1) is 13.7. The van der Waals surface area contributed by atoms with Gasteiger partial charge in [0.25, 0.3) is 10.0 Å². The van der Waals surface area contributed by atoms with Gasteiger partial charge in [-0.2, -0.15) is 5.10 Å². The largest absolute Gasteiger partial charge is 0.477 e. The zero-order valence-electron chi connectivity index (χ0n) is 11.2. The average Bonchev–Trinajstić information content (AvgIpc) is 2.99. The van der Waals surface area contributed by atoms with Gasteiger partial charge in [-0.15, -0.1) is 0 Å². The molecule has 1 saturated carbocycles. The summed E-state index contributed by atoms with van der Waals surface area (Å²) in [6.45, 7) is 0. The number of aromatic carboxylic acids is 1. The number of aromatic nitrogens is 3. The molecule has 0 aromatic carbocycles. The summed E-state index contributed by atoms with van der Waals surface area (Å²) >= 11 is 0. The fraction of sp³-hybridized carbons (Fsp3) is 0.333. The van der Waals surface area contributed by atoms with E-state index in [0.29, 0.717) is 0 Å². The summed E-state index contributed by atoms with van der Waals surface area (Å²) in [7, 11) is -2.18. The Bertz CT molecular complexity index is 801. The average molecular weight is 310 g/mol. The van der Waals surface area contributed by atoms with Crippen LogP contribution in [0.15, 0.2) is 29.4 Å². The van der Waals surface area contributed by atoms with Crippen LogP contribution in [0.3, 0.4) is 0 Å². The van der Waals surface area contributed by atoms with E-state index in [9.17, 15) is 13.2 Å². The summed E-state index contributed by atoms with van der Waals surface area (Å²) in [6.07, 6.45) is 4.70. The minimum Gasteiger partial charge on any atom is -0.477 e. The highest BCUT2D eigenvalue weighted by molar-refractivity contribution is 7.92. The topological polar surface area (TPSA) is 106 Å². The van der Waals surface area contributed by atoms with Crippen LogP contribution in [-0.2, 0) is 17.1 Å². The summed E-state index contributed by atoms with van der Waals surface area (Å²) in [5.41, 5.74) is -0.0149. The van der Waals surface area contributed by atoms with E-state index in [4.69, 9.17) is 5.11 Å². The van der Waals surface area contributed by atoms with E-state index in [1.54, 1.807) is 13.2 Å². The van der Waals surface area contributed by atoms with Crippen LogP contribution < -0.4 is 4.72 Å². The Balaban J connectivity index is 1.95. The van der Waals surface area contributed by atoms with Crippen molar-refractivity contribution in [3.8, 4) is 0 Å². The first-order chi connectivity index (χ1) is 9.87. The van der Waals surface area contributed by atoms with Gasteiger partial charge < -0.3 is 9.67 Å². The van der Waals surface area contributed by atoms with Crippen LogP contribution in [0.4, 0.5) is 5.82 Å². The number of carbonyl (C=O) groups is 1. The number of sulfonamides is 1. The number of hydrogen-bond acceptors (Lipinski definition) is 4. The van der Waals surface area contributed by atoms with E-state index in [1.165, 1.54) is 27.6 Å². The molecule has 112 valence electrons. The van der Waals surface area contributed by atoms with Gasteiger partial charge in [-0.1, -0.05) is 0 Å². The molecule has 0 atom stereocenters. The molecular formula is C12H14N4O4S. The Morgan fingerprint density at radius 2 is 2.19 bits per heavy atom. The van der Waals surface area contributed by atoms with Gasteiger partial charge in [-0.25, -0.2) is 13.2 Å². The lowest BCUT2D eigenvalue weighted by Crippen LogP contribution is -2.13. The Hall–Kier alpha value is -2.29. The van der Waals surface area contributed by atoms with Gasteiger partial charge in [0.1, 0.15) is 10.6 Å². The van der Waals surface area contributed by atoms with Gasteiger partial charge in [0.2, 0.25) is 0 Å². The quantitative estimate of drug-likeness (QED) is 0.858. The maximum atomic E-state index is 12.3. The van der Waals surface area contributed by atoms with Crippen LogP contribution in [0, 0.1) is 0 Å². The second-order valence-corrected chi connectivity index (χ2v) is 6.67. The smallest absolute Gasteiger partial charge is 0.352 e. The SMILES string of the molecule is Cn1ccc(NS(=O)(=O)c2cc(C(=O)O)n(C3CC3)c2)n1. The summed E-state index contributed by atoms with van der Waals surface area (Å²) in [4.78, 5) is 11.1. The molecule has 21 heavy (non-hydrogen) atoms. The Morgan fingerprint density at radius 3 is 2.71 bits per heavy atom. The molecule has 2 aromatic heterocycles. The highest BCUT2D eigenvalue weighted by Gasteiger charge is 2.30. The lowest BCUT2D eigenvalue weighted by atomic mass is 10.4. The number of carboxylic acid groups (broad SMARTS) is 1. The molecule has 9 heteroatoms. The molecule has 0 amide bonds. The summed E-state index contributed by atoms with van der Waals surface area (Å²) in [5, 5.41) is 13.1. The van der Waals surface area contributed by atoms with Crippen molar-refractivity contribution in [2.75, 3.05) is 4.72 Å². The molecule has 0 aliphatic heterocycles. The number of aryl methyl sites for hydroxylation is 1. The third-order valence-electron chi connectivity index (χ3n) is 3.25. The summed E-state index contributed by atoms with van der Waals surface area (Å²) in [6, 6.07) is 2.77. The van der Waals surface area contributed by atoms with E-state index in [1.807, 2.05) is 0 Å². The van der Waals surface area contributed by atoms with Crippen LogP contribution >= 0.6 is 0 Å². The highest BCUT2D eigenvalue weighted by Crippen LogP contribution is 2.37. The van der Waals surface area contributed by atoms with E-state index >= 15 is 0 Å². The lowest BCUT2D eigenvalue weighted by molar-refractivity contribution is 0.0685. The van der Waals surface area contributed by atoms with Crippen molar-refractivity contribution in [1.29, 1.82) is 0 Å². The number of nitrogens with one attached hydrogen (secondary N) is 1. The maximum Gasteiger partial charge on any atom is 0.352 e. The third-order valence-corrected chi connectivity index (χ3v) is 4.57. The van der Waals surface area contributed by atoms with Gasteiger partial charge in [-0.3, -0.25) is 9.40 Å².